The number of benzene rings is 1. The third-order valence-electron chi connectivity index (χ3n) is 3.30. The fourth-order valence-corrected chi connectivity index (χ4v) is 2.98. The fourth-order valence-electron chi connectivity index (χ4n) is 2.14. The number of hydrogen-bond acceptors (Lipinski definition) is 4. The first kappa shape index (κ1) is 15.9. The Morgan fingerprint density at radius 2 is 2.10 bits per heavy atom. The molecule has 114 valence electrons. The minimum atomic E-state index is 0.260. The van der Waals surface area contributed by atoms with Crippen molar-refractivity contribution in [2.24, 2.45) is 7.05 Å². The fraction of sp³-hybridized carbons (Fsp3) is 0.438. The van der Waals surface area contributed by atoms with Gasteiger partial charge in [-0.3, -0.25) is 4.68 Å². The maximum absolute atomic E-state index is 8.79. The van der Waals surface area contributed by atoms with Gasteiger partial charge in [-0.25, -0.2) is 0 Å². The standard InChI is InChI=1S/C16H23N3OS/c1-3-16(13-11-17-19(2)12-13)18-14-5-7-15(8-6-14)21-10-4-9-20/h5-8,11-12,16,18,20H,3-4,9-10H2,1-2H3. The molecule has 1 atom stereocenters. The van der Waals surface area contributed by atoms with Crippen LogP contribution in [0.3, 0.4) is 0 Å². The Morgan fingerprint density at radius 1 is 1.33 bits per heavy atom. The zero-order chi connectivity index (χ0) is 15.1. The maximum Gasteiger partial charge on any atom is 0.0542 e. The topological polar surface area (TPSA) is 50.1 Å². The molecule has 1 unspecified atom stereocenters. The number of anilines is 1. The normalized spacial score (nSPS) is 12.3. The van der Waals surface area contributed by atoms with Crippen molar-refractivity contribution < 1.29 is 5.11 Å². The van der Waals surface area contributed by atoms with E-state index in [1.807, 2.05) is 17.9 Å². The Bertz CT molecular complexity index is 539. The molecule has 0 saturated heterocycles. The number of aliphatic hydroxyl groups is 1. The van der Waals surface area contributed by atoms with Crippen LogP contribution in [0.2, 0.25) is 0 Å². The van der Waals surface area contributed by atoms with Gasteiger partial charge in [-0.1, -0.05) is 6.92 Å². The van der Waals surface area contributed by atoms with Crippen LogP contribution in [0.1, 0.15) is 31.4 Å². The zero-order valence-electron chi connectivity index (χ0n) is 12.6. The summed E-state index contributed by atoms with van der Waals surface area (Å²) in [5.41, 5.74) is 2.33. The molecule has 21 heavy (non-hydrogen) atoms. The van der Waals surface area contributed by atoms with Crippen LogP contribution in [0.5, 0.6) is 0 Å². The highest BCUT2D eigenvalue weighted by atomic mass is 32.2. The number of hydrogen-bond donors (Lipinski definition) is 2. The van der Waals surface area contributed by atoms with Crippen molar-refractivity contribution in [3.63, 3.8) is 0 Å². The largest absolute Gasteiger partial charge is 0.396 e. The van der Waals surface area contributed by atoms with E-state index in [-0.39, 0.29) is 12.6 Å². The maximum atomic E-state index is 8.79. The first-order chi connectivity index (χ1) is 10.2. The van der Waals surface area contributed by atoms with Gasteiger partial charge in [0.1, 0.15) is 0 Å². The Morgan fingerprint density at radius 3 is 2.67 bits per heavy atom. The Labute approximate surface area is 130 Å². The second-order valence-corrected chi connectivity index (χ2v) is 6.17. The lowest BCUT2D eigenvalue weighted by Crippen LogP contribution is -2.08. The lowest BCUT2D eigenvalue weighted by molar-refractivity contribution is 0.296. The molecule has 1 heterocycles. The van der Waals surface area contributed by atoms with Gasteiger partial charge in [-0.05, 0) is 37.1 Å². The molecule has 4 nitrogen and oxygen atoms in total. The third-order valence-corrected chi connectivity index (χ3v) is 4.40. The second kappa shape index (κ2) is 8.10. The van der Waals surface area contributed by atoms with Gasteiger partial charge in [0.25, 0.3) is 0 Å². The summed E-state index contributed by atoms with van der Waals surface area (Å²) >= 11 is 1.78. The molecule has 0 amide bonds. The van der Waals surface area contributed by atoms with Gasteiger partial charge < -0.3 is 10.4 Å². The number of aromatic nitrogens is 2. The number of aryl methyl sites for hydroxylation is 1. The zero-order valence-corrected chi connectivity index (χ0v) is 13.4. The van der Waals surface area contributed by atoms with Crippen LogP contribution in [0.15, 0.2) is 41.6 Å². The summed E-state index contributed by atoms with van der Waals surface area (Å²) in [5.74, 6) is 0.955. The van der Waals surface area contributed by atoms with E-state index in [1.165, 1.54) is 10.5 Å². The average molecular weight is 305 g/mol. The summed E-state index contributed by atoms with van der Waals surface area (Å²) < 4.78 is 1.83. The number of rotatable bonds is 8. The van der Waals surface area contributed by atoms with E-state index in [0.717, 1.165) is 24.3 Å². The second-order valence-electron chi connectivity index (χ2n) is 5.00. The average Bonchev–Trinajstić information content (AvgIpc) is 2.93. The Kier molecular flexibility index (Phi) is 6.14. The van der Waals surface area contributed by atoms with Crippen molar-refractivity contribution in [3.8, 4) is 0 Å². The number of nitrogens with zero attached hydrogens (tertiary/aromatic N) is 2. The van der Waals surface area contributed by atoms with Crippen LogP contribution in [-0.4, -0.2) is 27.2 Å². The molecule has 1 aromatic carbocycles. The van der Waals surface area contributed by atoms with Gasteiger partial charge >= 0.3 is 0 Å². The van der Waals surface area contributed by atoms with Gasteiger partial charge in [-0.15, -0.1) is 11.8 Å². The number of aliphatic hydroxyl groups excluding tert-OH is 1. The molecular formula is C16H23N3OS. The Balaban J connectivity index is 1.95. The first-order valence-electron chi connectivity index (χ1n) is 7.31. The molecule has 0 radical (unpaired) electrons. The SMILES string of the molecule is CCC(Nc1ccc(SCCCO)cc1)c1cnn(C)c1. The lowest BCUT2D eigenvalue weighted by atomic mass is 10.1. The van der Waals surface area contributed by atoms with Gasteiger partial charge in [0.2, 0.25) is 0 Å². The number of thioether (sulfide) groups is 1. The van der Waals surface area contributed by atoms with E-state index < -0.39 is 0 Å². The quantitative estimate of drug-likeness (QED) is 0.579. The third kappa shape index (κ3) is 4.79. The molecule has 0 aliphatic rings. The summed E-state index contributed by atoms with van der Waals surface area (Å²) in [4.78, 5) is 1.24. The highest BCUT2D eigenvalue weighted by Gasteiger charge is 2.10. The minimum Gasteiger partial charge on any atom is -0.396 e. The summed E-state index contributed by atoms with van der Waals surface area (Å²) in [6.07, 6.45) is 5.82. The monoisotopic (exact) mass is 305 g/mol. The van der Waals surface area contributed by atoms with E-state index in [1.54, 1.807) is 11.8 Å². The van der Waals surface area contributed by atoms with Gasteiger partial charge in [0.05, 0.1) is 12.2 Å². The minimum absolute atomic E-state index is 0.260. The van der Waals surface area contributed by atoms with Crippen molar-refractivity contribution >= 4 is 17.4 Å². The smallest absolute Gasteiger partial charge is 0.0542 e. The molecule has 0 saturated carbocycles. The molecule has 0 bridgehead atoms. The predicted molar refractivity (Wildman–Crippen MR) is 88.7 cm³/mol. The van der Waals surface area contributed by atoms with Gasteiger partial charge in [0.15, 0.2) is 0 Å². The Hall–Kier alpha value is -1.46. The molecule has 2 aromatic rings. The van der Waals surface area contributed by atoms with E-state index in [9.17, 15) is 0 Å². The highest BCUT2D eigenvalue weighted by molar-refractivity contribution is 7.99. The van der Waals surface area contributed by atoms with Gasteiger partial charge in [0, 0.05) is 41.8 Å². The van der Waals surface area contributed by atoms with Crippen molar-refractivity contribution in [2.75, 3.05) is 17.7 Å². The van der Waals surface area contributed by atoms with Crippen LogP contribution >= 0.6 is 11.8 Å². The summed E-state index contributed by atoms with van der Waals surface area (Å²) in [5, 5.41) is 16.6. The molecule has 0 aliphatic carbocycles. The van der Waals surface area contributed by atoms with Crippen molar-refractivity contribution in [1.82, 2.24) is 9.78 Å². The van der Waals surface area contributed by atoms with E-state index in [0.29, 0.717) is 0 Å². The molecule has 5 heteroatoms. The number of nitrogens with one attached hydrogen (secondary N) is 1. The van der Waals surface area contributed by atoms with Crippen LogP contribution < -0.4 is 5.32 Å². The molecule has 2 rings (SSSR count). The highest BCUT2D eigenvalue weighted by Crippen LogP contribution is 2.25. The summed E-state index contributed by atoms with van der Waals surface area (Å²) in [6, 6.07) is 8.76. The van der Waals surface area contributed by atoms with Crippen molar-refractivity contribution in [1.29, 1.82) is 0 Å². The predicted octanol–water partition coefficient (Wildman–Crippen LogP) is 3.46. The van der Waals surface area contributed by atoms with Crippen LogP contribution in [0, 0.1) is 0 Å². The van der Waals surface area contributed by atoms with Crippen molar-refractivity contribution in [2.45, 2.75) is 30.7 Å². The van der Waals surface area contributed by atoms with Crippen LogP contribution in [0.25, 0.3) is 0 Å². The molecule has 0 fully saturated rings. The van der Waals surface area contributed by atoms with Gasteiger partial charge in [-0.2, -0.15) is 5.10 Å². The van der Waals surface area contributed by atoms with Crippen molar-refractivity contribution in [3.05, 3.63) is 42.2 Å². The van der Waals surface area contributed by atoms with E-state index in [2.05, 4.69) is 47.8 Å². The molecular weight excluding hydrogens is 282 g/mol. The van der Waals surface area contributed by atoms with Crippen LogP contribution in [-0.2, 0) is 7.05 Å². The summed E-state index contributed by atoms with van der Waals surface area (Å²) in [7, 11) is 1.94. The van der Waals surface area contributed by atoms with Crippen LogP contribution in [0.4, 0.5) is 5.69 Å². The summed E-state index contributed by atoms with van der Waals surface area (Å²) in [6.45, 7) is 2.43. The molecule has 0 aliphatic heterocycles. The molecule has 1 aromatic heterocycles. The van der Waals surface area contributed by atoms with E-state index in [4.69, 9.17) is 5.11 Å². The molecule has 0 spiro atoms. The van der Waals surface area contributed by atoms with E-state index >= 15 is 0 Å². The lowest BCUT2D eigenvalue weighted by Gasteiger charge is -2.17. The molecule has 2 N–H and O–H groups in total. The first-order valence-corrected chi connectivity index (χ1v) is 8.30.